The molecule has 0 unspecified atom stereocenters. The van der Waals surface area contributed by atoms with Gasteiger partial charge in [0.25, 0.3) is 0 Å². The van der Waals surface area contributed by atoms with E-state index < -0.39 is 0 Å². The molecular weight excluding hydrogens is 258 g/mol. The average Bonchev–Trinajstić information content (AvgIpc) is 2.56. The van der Waals surface area contributed by atoms with E-state index in [-0.39, 0.29) is 0 Å². The summed E-state index contributed by atoms with van der Waals surface area (Å²) in [5.74, 6) is 0.935. The zero-order valence-electron chi connectivity index (χ0n) is 11.8. The fraction of sp³-hybridized carbons (Fsp3) is 0.105. The minimum atomic E-state index is 0.541. The smallest absolute Gasteiger partial charge is 0.123 e. The van der Waals surface area contributed by atoms with Crippen LogP contribution in [0.1, 0.15) is 16.7 Å². The van der Waals surface area contributed by atoms with Crippen molar-refractivity contribution in [1.29, 1.82) is 0 Å². The quantitative estimate of drug-likeness (QED) is 0.694. The van der Waals surface area contributed by atoms with Crippen LogP contribution in [-0.2, 0) is 13.0 Å². The molecule has 1 heterocycles. The van der Waals surface area contributed by atoms with Crippen molar-refractivity contribution in [2.45, 2.75) is 13.0 Å². The predicted octanol–water partition coefficient (Wildman–Crippen LogP) is 4.25. The molecule has 2 heteroatoms. The van der Waals surface area contributed by atoms with Crippen LogP contribution in [0.5, 0.6) is 5.75 Å². The zero-order chi connectivity index (χ0) is 14.3. The van der Waals surface area contributed by atoms with Crippen molar-refractivity contribution in [2.75, 3.05) is 0 Å². The van der Waals surface area contributed by atoms with Gasteiger partial charge in [0.1, 0.15) is 12.4 Å². The first kappa shape index (κ1) is 13.4. The zero-order valence-corrected chi connectivity index (χ0v) is 11.8. The van der Waals surface area contributed by atoms with Gasteiger partial charge in [0.2, 0.25) is 0 Å². The van der Waals surface area contributed by atoms with E-state index in [1.165, 1.54) is 11.1 Å². The highest BCUT2D eigenvalue weighted by molar-refractivity contribution is 5.37. The lowest BCUT2D eigenvalue weighted by atomic mass is 10.0. The Labute approximate surface area is 125 Å². The molecule has 104 valence electrons. The summed E-state index contributed by atoms with van der Waals surface area (Å²) >= 11 is 0. The summed E-state index contributed by atoms with van der Waals surface area (Å²) in [4.78, 5) is 4.11. The third kappa shape index (κ3) is 3.69. The molecule has 0 radical (unpaired) electrons. The molecule has 3 aromatic rings. The molecule has 2 aromatic carbocycles. The topological polar surface area (TPSA) is 22.1 Å². The maximum absolute atomic E-state index is 5.96. The van der Waals surface area contributed by atoms with Crippen LogP contribution in [0.4, 0.5) is 0 Å². The van der Waals surface area contributed by atoms with Gasteiger partial charge in [-0.2, -0.15) is 0 Å². The normalized spacial score (nSPS) is 10.3. The Morgan fingerprint density at radius 2 is 1.52 bits per heavy atom. The van der Waals surface area contributed by atoms with Crippen LogP contribution in [0.2, 0.25) is 0 Å². The van der Waals surface area contributed by atoms with Crippen LogP contribution in [0, 0.1) is 0 Å². The maximum atomic E-state index is 5.96. The average molecular weight is 275 g/mol. The molecule has 0 spiro atoms. The molecule has 0 aliphatic rings. The summed E-state index contributed by atoms with van der Waals surface area (Å²) in [5, 5.41) is 0. The van der Waals surface area contributed by atoms with Gasteiger partial charge in [-0.1, -0.05) is 54.6 Å². The van der Waals surface area contributed by atoms with E-state index in [9.17, 15) is 0 Å². The van der Waals surface area contributed by atoms with Crippen LogP contribution in [0.3, 0.4) is 0 Å². The number of nitrogens with zero attached hydrogens (tertiary/aromatic N) is 1. The van der Waals surface area contributed by atoms with Gasteiger partial charge in [0.05, 0.1) is 0 Å². The van der Waals surface area contributed by atoms with Crippen molar-refractivity contribution in [3.05, 3.63) is 95.8 Å². The number of benzene rings is 2. The van der Waals surface area contributed by atoms with E-state index in [1.54, 1.807) is 6.20 Å². The van der Waals surface area contributed by atoms with Gasteiger partial charge in [0.15, 0.2) is 0 Å². The van der Waals surface area contributed by atoms with Crippen molar-refractivity contribution in [3.63, 3.8) is 0 Å². The summed E-state index contributed by atoms with van der Waals surface area (Å²) in [6, 6.07) is 22.6. The Kier molecular flexibility index (Phi) is 4.27. The van der Waals surface area contributed by atoms with Gasteiger partial charge in [-0.25, -0.2) is 0 Å². The Morgan fingerprint density at radius 3 is 2.33 bits per heavy atom. The molecule has 0 saturated carbocycles. The first-order valence-electron chi connectivity index (χ1n) is 7.05. The Hall–Kier alpha value is -2.61. The van der Waals surface area contributed by atoms with Gasteiger partial charge in [-0.15, -0.1) is 0 Å². The highest BCUT2D eigenvalue weighted by Gasteiger charge is 2.04. The lowest BCUT2D eigenvalue weighted by molar-refractivity contribution is 0.303. The second-order valence-corrected chi connectivity index (χ2v) is 4.92. The molecule has 0 saturated heterocycles. The van der Waals surface area contributed by atoms with Gasteiger partial charge >= 0.3 is 0 Å². The third-order valence-electron chi connectivity index (χ3n) is 3.33. The Balaban J connectivity index is 1.73. The fourth-order valence-electron chi connectivity index (χ4n) is 2.25. The molecule has 0 atom stereocenters. The third-order valence-corrected chi connectivity index (χ3v) is 3.33. The largest absolute Gasteiger partial charge is 0.489 e. The van der Waals surface area contributed by atoms with Crippen molar-refractivity contribution in [1.82, 2.24) is 4.98 Å². The number of ether oxygens (including phenoxy) is 1. The second-order valence-electron chi connectivity index (χ2n) is 4.92. The van der Waals surface area contributed by atoms with Gasteiger partial charge in [0, 0.05) is 24.4 Å². The van der Waals surface area contributed by atoms with Crippen molar-refractivity contribution >= 4 is 0 Å². The minimum Gasteiger partial charge on any atom is -0.489 e. The number of para-hydroxylation sites is 1. The number of aromatic nitrogens is 1. The summed E-state index contributed by atoms with van der Waals surface area (Å²) < 4.78 is 5.96. The Morgan fingerprint density at radius 1 is 0.762 bits per heavy atom. The van der Waals surface area contributed by atoms with Crippen molar-refractivity contribution in [2.24, 2.45) is 0 Å². The van der Waals surface area contributed by atoms with Crippen LogP contribution < -0.4 is 4.74 Å². The molecule has 21 heavy (non-hydrogen) atoms. The molecular formula is C19H17NO. The van der Waals surface area contributed by atoms with Gasteiger partial charge in [-0.05, 0) is 23.3 Å². The van der Waals surface area contributed by atoms with E-state index in [1.807, 2.05) is 36.5 Å². The first-order valence-corrected chi connectivity index (χ1v) is 7.05. The summed E-state index contributed by atoms with van der Waals surface area (Å²) in [7, 11) is 0. The van der Waals surface area contributed by atoms with Crippen LogP contribution in [0.25, 0.3) is 0 Å². The predicted molar refractivity (Wildman–Crippen MR) is 84.3 cm³/mol. The fourth-order valence-corrected chi connectivity index (χ4v) is 2.25. The minimum absolute atomic E-state index is 0.541. The Bertz CT molecular complexity index is 680. The first-order chi connectivity index (χ1) is 10.4. The maximum Gasteiger partial charge on any atom is 0.123 e. The van der Waals surface area contributed by atoms with Gasteiger partial charge < -0.3 is 4.74 Å². The second kappa shape index (κ2) is 6.71. The molecule has 3 rings (SSSR count). The van der Waals surface area contributed by atoms with Crippen LogP contribution in [-0.4, -0.2) is 4.98 Å². The van der Waals surface area contributed by atoms with Gasteiger partial charge in [-0.3, -0.25) is 4.98 Å². The molecule has 0 aliphatic heterocycles. The monoisotopic (exact) mass is 275 g/mol. The van der Waals surface area contributed by atoms with E-state index in [2.05, 4.69) is 41.4 Å². The summed E-state index contributed by atoms with van der Waals surface area (Å²) in [6.07, 6.45) is 4.48. The lowest BCUT2D eigenvalue weighted by Crippen LogP contribution is -1.99. The number of hydrogen-bond donors (Lipinski definition) is 0. The molecule has 0 amide bonds. The molecule has 0 aliphatic carbocycles. The summed E-state index contributed by atoms with van der Waals surface area (Å²) in [6.45, 7) is 0.541. The molecule has 2 nitrogen and oxygen atoms in total. The summed E-state index contributed by atoms with van der Waals surface area (Å²) in [5.41, 5.74) is 3.56. The SMILES string of the molecule is c1ccc(Cc2ccccc2OCc2cccnc2)cc1. The highest BCUT2D eigenvalue weighted by atomic mass is 16.5. The highest BCUT2D eigenvalue weighted by Crippen LogP contribution is 2.22. The van der Waals surface area contributed by atoms with Crippen LogP contribution >= 0.6 is 0 Å². The van der Waals surface area contributed by atoms with Crippen LogP contribution in [0.15, 0.2) is 79.1 Å². The number of rotatable bonds is 5. The van der Waals surface area contributed by atoms with E-state index >= 15 is 0 Å². The molecule has 1 aromatic heterocycles. The van der Waals surface area contributed by atoms with E-state index in [0.29, 0.717) is 6.61 Å². The standard InChI is InChI=1S/C19H17NO/c1-2-7-16(8-3-1)13-18-10-4-5-11-19(18)21-15-17-9-6-12-20-14-17/h1-12,14H,13,15H2. The molecule has 0 fully saturated rings. The molecule has 0 N–H and O–H groups in total. The van der Waals surface area contributed by atoms with Crippen molar-refractivity contribution in [3.8, 4) is 5.75 Å². The number of hydrogen-bond acceptors (Lipinski definition) is 2. The van der Waals surface area contributed by atoms with E-state index in [4.69, 9.17) is 4.74 Å². The van der Waals surface area contributed by atoms with Crippen molar-refractivity contribution < 1.29 is 4.74 Å². The van der Waals surface area contributed by atoms with E-state index in [0.717, 1.165) is 17.7 Å². The lowest BCUT2D eigenvalue weighted by Gasteiger charge is -2.11. The molecule has 0 bridgehead atoms. The number of pyridine rings is 1.